The molecule has 4 rings (SSSR count). The molecule has 2 heterocycles. The van der Waals surface area contributed by atoms with Crippen LogP contribution in [0.4, 0.5) is 0 Å². The largest absolute Gasteiger partial charge is 0.494 e. The maximum atomic E-state index is 13.0. The molecule has 196 valence electrons. The van der Waals surface area contributed by atoms with E-state index in [9.17, 15) is 9.59 Å². The average molecular weight is 505 g/mol. The predicted octanol–water partition coefficient (Wildman–Crippen LogP) is 4.59. The van der Waals surface area contributed by atoms with Gasteiger partial charge in [-0.3, -0.25) is 14.6 Å². The van der Waals surface area contributed by atoms with Gasteiger partial charge in [0.1, 0.15) is 11.4 Å². The molecular formula is C29H36N4O4. The van der Waals surface area contributed by atoms with Crippen molar-refractivity contribution in [1.82, 2.24) is 19.8 Å². The Morgan fingerprint density at radius 3 is 2.62 bits per heavy atom. The monoisotopic (exact) mass is 504 g/mol. The summed E-state index contributed by atoms with van der Waals surface area (Å²) in [5, 5.41) is 6.97. The van der Waals surface area contributed by atoms with Gasteiger partial charge in [-0.15, -0.1) is 0 Å². The van der Waals surface area contributed by atoms with Gasteiger partial charge in [0.05, 0.1) is 18.7 Å². The van der Waals surface area contributed by atoms with Gasteiger partial charge in [-0.1, -0.05) is 0 Å². The van der Waals surface area contributed by atoms with Crippen LogP contribution in [0.15, 0.2) is 36.5 Å². The number of nitrogens with one attached hydrogen (secondary N) is 1. The third kappa shape index (κ3) is 5.69. The van der Waals surface area contributed by atoms with E-state index in [0.717, 1.165) is 63.3 Å². The van der Waals surface area contributed by atoms with Crippen molar-refractivity contribution in [1.29, 1.82) is 0 Å². The van der Waals surface area contributed by atoms with Gasteiger partial charge in [0.2, 0.25) is 0 Å². The van der Waals surface area contributed by atoms with Crippen molar-refractivity contribution >= 4 is 44.5 Å². The molecule has 1 N–H and O–H groups in total. The first-order valence-corrected chi connectivity index (χ1v) is 12.8. The van der Waals surface area contributed by atoms with Gasteiger partial charge < -0.3 is 24.3 Å². The molecule has 0 atom stereocenters. The molecule has 2 aromatic carbocycles. The van der Waals surface area contributed by atoms with Gasteiger partial charge in [-0.25, -0.2) is 0 Å². The Hall–Kier alpha value is -3.65. The Morgan fingerprint density at radius 1 is 1.05 bits per heavy atom. The van der Waals surface area contributed by atoms with Crippen LogP contribution in [-0.2, 0) is 16.6 Å². The smallest absolute Gasteiger partial charge is 0.305 e. The van der Waals surface area contributed by atoms with Crippen LogP contribution < -0.4 is 10.1 Å². The number of carbonyl (C=O) groups is 2. The van der Waals surface area contributed by atoms with Crippen LogP contribution in [0.1, 0.15) is 42.2 Å². The summed E-state index contributed by atoms with van der Waals surface area (Å²) in [6, 6.07) is 10.2. The van der Waals surface area contributed by atoms with E-state index in [2.05, 4.69) is 47.0 Å². The highest BCUT2D eigenvalue weighted by molar-refractivity contribution is 6.17. The van der Waals surface area contributed by atoms with E-state index in [0.29, 0.717) is 31.9 Å². The number of ether oxygens (including phenoxy) is 2. The molecule has 0 saturated heterocycles. The Bertz CT molecular complexity index is 1440. The molecule has 0 unspecified atom stereocenters. The number of likely N-dealkylation sites (N-methyl/N-ethyl adjacent to an activating group) is 1. The number of aryl methyl sites for hydroxylation is 2. The minimum Gasteiger partial charge on any atom is -0.494 e. The highest BCUT2D eigenvalue weighted by atomic mass is 16.5. The lowest BCUT2D eigenvalue weighted by Gasteiger charge is -2.12. The SMILES string of the molecule is CCOC(=O)CCCCOc1ccc2c(c1)c1cc3c(C(=O)NCCN(C)C)nccc3c(C)c1n2C. The minimum atomic E-state index is -0.168. The lowest BCUT2D eigenvalue weighted by Crippen LogP contribution is -2.31. The molecule has 1 amide bonds. The summed E-state index contributed by atoms with van der Waals surface area (Å²) in [4.78, 5) is 31.0. The number of hydrogen-bond donors (Lipinski definition) is 1. The number of pyridine rings is 1. The van der Waals surface area contributed by atoms with Crippen LogP contribution >= 0.6 is 0 Å². The second kappa shape index (κ2) is 11.6. The first-order chi connectivity index (χ1) is 17.8. The fourth-order valence-corrected chi connectivity index (χ4v) is 4.81. The molecule has 0 aliphatic rings. The van der Waals surface area contributed by atoms with E-state index in [1.54, 1.807) is 6.20 Å². The standard InChI is InChI=1S/C29H36N4O4/c1-6-36-26(34)9-7-8-16-37-20-10-11-25-22(17-20)24-18-23-21(19(2)28(24)33(25)5)12-13-30-27(23)29(35)31-14-15-32(3)4/h10-13,17-18H,6-9,14-16H2,1-5H3,(H,31,35). The number of aromatic nitrogens is 2. The summed E-state index contributed by atoms with van der Waals surface area (Å²) in [6.45, 7) is 6.16. The van der Waals surface area contributed by atoms with Gasteiger partial charge in [0, 0.05) is 54.4 Å². The summed E-state index contributed by atoms with van der Waals surface area (Å²) in [6.07, 6.45) is 3.62. The minimum absolute atomic E-state index is 0.164. The lowest BCUT2D eigenvalue weighted by molar-refractivity contribution is -0.143. The zero-order valence-corrected chi connectivity index (χ0v) is 22.4. The molecule has 2 aromatic heterocycles. The van der Waals surface area contributed by atoms with Crippen LogP contribution in [0.2, 0.25) is 0 Å². The summed E-state index contributed by atoms with van der Waals surface area (Å²) in [5.74, 6) is 0.447. The van der Waals surface area contributed by atoms with E-state index in [-0.39, 0.29) is 11.9 Å². The van der Waals surface area contributed by atoms with Crippen molar-refractivity contribution in [2.24, 2.45) is 7.05 Å². The first-order valence-electron chi connectivity index (χ1n) is 12.8. The van der Waals surface area contributed by atoms with Crippen molar-refractivity contribution in [3.8, 4) is 5.75 Å². The van der Waals surface area contributed by atoms with Gasteiger partial charge in [-0.2, -0.15) is 0 Å². The van der Waals surface area contributed by atoms with Gasteiger partial charge in [-0.05, 0) is 82.1 Å². The maximum Gasteiger partial charge on any atom is 0.305 e. The highest BCUT2D eigenvalue weighted by Crippen LogP contribution is 2.37. The zero-order chi connectivity index (χ0) is 26.5. The van der Waals surface area contributed by atoms with E-state index >= 15 is 0 Å². The summed E-state index contributed by atoms with van der Waals surface area (Å²) in [5.41, 5.74) is 3.76. The van der Waals surface area contributed by atoms with E-state index in [1.807, 2.05) is 38.1 Å². The Kier molecular flexibility index (Phi) is 8.28. The van der Waals surface area contributed by atoms with Crippen molar-refractivity contribution in [3.63, 3.8) is 0 Å². The molecule has 0 bridgehead atoms. The first kappa shape index (κ1) is 26.4. The number of carbonyl (C=O) groups excluding carboxylic acids is 2. The maximum absolute atomic E-state index is 13.0. The number of hydrogen-bond acceptors (Lipinski definition) is 6. The highest BCUT2D eigenvalue weighted by Gasteiger charge is 2.18. The van der Waals surface area contributed by atoms with E-state index < -0.39 is 0 Å². The van der Waals surface area contributed by atoms with Crippen LogP contribution in [0.3, 0.4) is 0 Å². The van der Waals surface area contributed by atoms with Crippen molar-refractivity contribution in [3.05, 3.63) is 47.8 Å². The van der Waals surface area contributed by atoms with Crippen molar-refractivity contribution in [2.75, 3.05) is 40.4 Å². The van der Waals surface area contributed by atoms with Crippen molar-refractivity contribution in [2.45, 2.75) is 33.1 Å². The molecule has 8 heteroatoms. The fraction of sp³-hybridized carbons (Fsp3) is 0.414. The predicted molar refractivity (Wildman–Crippen MR) is 147 cm³/mol. The molecule has 0 radical (unpaired) electrons. The molecule has 0 aliphatic heterocycles. The van der Waals surface area contributed by atoms with E-state index in [1.165, 1.54) is 0 Å². The Balaban J connectivity index is 1.64. The number of benzene rings is 2. The zero-order valence-electron chi connectivity index (χ0n) is 22.4. The van der Waals surface area contributed by atoms with Crippen LogP contribution in [0, 0.1) is 6.92 Å². The second-order valence-corrected chi connectivity index (χ2v) is 9.56. The third-order valence-electron chi connectivity index (χ3n) is 6.66. The molecule has 37 heavy (non-hydrogen) atoms. The van der Waals surface area contributed by atoms with Crippen LogP contribution in [0.25, 0.3) is 32.6 Å². The average Bonchev–Trinajstić information content (AvgIpc) is 3.15. The molecule has 0 spiro atoms. The molecule has 0 saturated carbocycles. The van der Waals surface area contributed by atoms with Gasteiger partial charge >= 0.3 is 5.97 Å². The summed E-state index contributed by atoms with van der Waals surface area (Å²) in [7, 11) is 6.02. The number of esters is 1. The summed E-state index contributed by atoms with van der Waals surface area (Å²) >= 11 is 0. The summed E-state index contributed by atoms with van der Waals surface area (Å²) < 4.78 is 13.2. The number of amides is 1. The number of rotatable bonds is 11. The normalized spacial score (nSPS) is 11.5. The van der Waals surface area contributed by atoms with Crippen LogP contribution in [0.5, 0.6) is 5.75 Å². The topological polar surface area (TPSA) is 85.7 Å². The Morgan fingerprint density at radius 2 is 1.86 bits per heavy atom. The molecular weight excluding hydrogens is 468 g/mol. The number of unbranched alkanes of at least 4 members (excludes halogenated alkanes) is 1. The molecule has 4 aromatic rings. The quantitative estimate of drug-likeness (QED) is 0.238. The molecule has 0 aliphatic carbocycles. The van der Waals surface area contributed by atoms with Gasteiger partial charge in [0.15, 0.2) is 0 Å². The lowest BCUT2D eigenvalue weighted by atomic mass is 10.00. The second-order valence-electron chi connectivity index (χ2n) is 9.56. The molecule has 8 nitrogen and oxygen atoms in total. The number of nitrogens with zero attached hydrogens (tertiary/aromatic N) is 3. The third-order valence-corrected chi connectivity index (χ3v) is 6.66. The fourth-order valence-electron chi connectivity index (χ4n) is 4.81. The molecule has 0 fully saturated rings. The van der Waals surface area contributed by atoms with Crippen LogP contribution in [-0.4, -0.2) is 66.7 Å². The Labute approximate surface area is 217 Å². The number of fused-ring (bicyclic) bond motifs is 4. The van der Waals surface area contributed by atoms with E-state index in [4.69, 9.17) is 9.47 Å². The van der Waals surface area contributed by atoms with Crippen molar-refractivity contribution < 1.29 is 19.1 Å². The van der Waals surface area contributed by atoms with Gasteiger partial charge in [0.25, 0.3) is 5.91 Å².